The van der Waals surface area contributed by atoms with Gasteiger partial charge in [0.2, 0.25) is 5.91 Å². The number of rotatable bonds is 7. The van der Waals surface area contributed by atoms with E-state index in [2.05, 4.69) is 10.6 Å². The summed E-state index contributed by atoms with van der Waals surface area (Å²) in [5, 5.41) is 5.91. The normalized spacial score (nSPS) is 11.8. The van der Waals surface area contributed by atoms with Gasteiger partial charge < -0.3 is 15.4 Å². The highest BCUT2D eigenvalue weighted by atomic mass is 19.1. The summed E-state index contributed by atoms with van der Waals surface area (Å²) >= 11 is 0. The lowest BCUT2D eigenvalue weighted by molar-refractivity contribution is -0.119. The van der Waals surface area contributed by atoms with Crippen molar-refractivity contribution < 1.29 is 13.9 Å². The fourth-order valence-electron chi connectivity index (χ4n) is 2.31. The van der Waals surface area contributed by atoms with E-state index in [9.17, 15) is 9.18 Å². The van der Waals surface area contributed by atoms with Crippen LogP contribution in [0.15, 0.2) is 42.5 Å². The summed E-state index contributed by atoms with van der Waals surface area (Å²) in [5.74, 6) is 0.262. The number of carbonyl (C=O) groups excluding carboxylic acids is 1. The van der Waals surface area contributed by atoms with Crippen LogP contribution in [0.25, 0.3) is 0 Å². The van der Waals surface area contributed by atoms with Crippen LogP contribution in [-0.4, -0.2) is 19.5 Å². The maximum absolute atomic E-state index is 13.2. The Morgan fingerprint density at radius 2 is 2.04 bits per heavy atom. The van der Waals surface area contributed by atoms with E-state index >= 15 is 0 Å². The minimum atomic E-state index is -0.277. The molecule has 2 aromatic rings. The lowest BCUT2D eigenvalue weighted by Gasteiger charge is -2.14. The molecule has 0 aliphatic heterocycles. The molecule has 0 bridgehead atoms. The first-order valence-corrected chi connectivity index (χ1v) is 7.93. The second kappa shape index (κ2) is 8.45. The molecule has 2 N–H and O–H groups in total. The zero-order chi connectivity index (χ0) is 17.5. The third-order valence-corrected chi connectivity index (χ3v) is 3.71. The third kappa shape index (κ3) is 5.06. The van der Waals surface area contributed by atoms with Crippen molar-refractivity contribution in [3.05, 3.63) is 59.4 Å². The lowest BCUT2D eigenvalue weighted by Crippen LogP contribution is -2.28. The van der Waals surface area contributed by atoms with Gasteiger partial charge in [-0.3, -0.25) is 4.79 Å². The quantitative estimate of drug-likeness (QED) is 0.817. The Kier molecular flexibility index (Phi) is 6.32. The van der Waals surface area contributed by atoms with E-state index in [1.807, 2.05) is 39.1 Å². The number of halogens is 1. The Hall–Kier alpha value is -2.40. The summed E-state index contributed by atoms with van der Waals surface area (Å²) in [4.78, 5) is 12.1. The van der Waals surface area contributed by atoms with Crippen molar-refractivity contribution in [1.29, 1.82) is 0 Å². The van der Waals surface area contributed by atoms with Crippen LogP contribution in [0.3, 0.4) is 0 Å². The van der Waals surface area contributed by atoms with E-state index in [-0.39, 0.29) is 17.6 Å². The van der Waals surface area contributed by atoms with Gasteiger partial charge in [0, 0.05) is 18.2 Å². The molecule has 4 nitrogen and oxygen atoms in total. The molecule has 0 heterocycles. The lowest BCUT2D eigenvalue weighted by atomic mass is 10.1. The van der Waals surface area contributed by atoms with Crippen LogP contribution < -0.4 is 15.4 Å². The number of nitrogens with one attached hydrogen (secondary N) is 2. The number of carbonyl (C=O) groups is 1. The summed E-state index contributed by atoms with van der Waals surface area (Å²) in [6.45, 7) is 4.70. The van der Waals surface area contributed by atoms with E-state index in [0.29, 0.717) is 18.9 Å². The highest BCUT2D eigenvalue weighted by Gasteiger charge is 2.13. The molecule has 5 heteroatoms. The molecule has 2 rings (SSSR count). The smallest absolute Gasteiger partial charge is 0.228 e. The van der Waals surface area contributed by atoms with E-state index in [4.69, 9.17) is 4.74 Å². The van der Waals surface area contributed by atoms with E-state index in [0.717, 1.165) is 16.8 Å². The van der Waals surface area contributed by atoms with Gasteiger partial charge in [0.25, 0.3) is 0 Å². The topological polar surface area (TPSA) is 50.4 Å². The molecule has 128 valence electrons. The summed E-state index contributed by atoms with van der Waals surface area (Å²) in [6, 6.07) is 11.8. The Balaban J connectivity index is 1.97. The van der Waals surface area contributed by atoms with Crippen LogP contribution in [0, 0.1) is 18.7 Å². The molecule has 2 aromatic carbocycles. The average Bonchev–Trinajstić information content (AvgIpc) is 2.55. The second-order valence-electron chi connectivity index (χ2n) is 5.84. The van der Waals surface area contributed by atoms with Crippen molar-refractivity contribution in [3.8, 4) is 5.75 Å². The minimum Gasteiger partial charge on any atom is -0.489 e. The largest absolute Gasteiger partial charge is 0.489 e. The van der Waals surface area contributed by atoms with Gasteiger partial charge >= 0.3 is 0 Å². The molecule has 0 radical (unpaired) electrons. The number of hydrogen-bond acceptors (Lipinski definition) is 3. The number of ether oxygens (including phenoxy) is 1. The van der Waals surface area contributed by atoms with Crippen molar-refractivity contribution in [2.24, 2.45) is 5.92 Å². The molecule has 0 saturated carbocycles. The van der Waals surface area contributed by atoms with Crippen LogP contribution >= 0.6 is 0 Å². The van der Waals surface area contributed by atoms with E-state index in [1.165, 1.54) is 12.1 Å². The van der Waals surface area contributed by atoms with Crippen LogP contribution in [0.4, 0.5) is 10.1 Å². The molecule has 1 unspecified atom stereocenters. The zero-order valence-electron chi connectivity index (χ0n) is 14.2. The Morgan fingerprint density at radius 3 is 2.71 bits per heavy atom. The van der Waals surface area contributed by atoms with Crippen molar-refractivity contribution in [3.63, 3.8) is 0 Å². The minimum absolute atomic E-state index is 0.0270. The zero-order valence-corrected chi connectivity index (χ0v) is 14.2. The van der Waals surface area contributed by atoms with Gasteiger partial charge in [-0.15, -0.1) is 0 Å². The first-order valence-electron chi connectivity index (χ1n) is 7.93. The third-order valence-electron chi connectivity index (χ3n) is 3.71. The molecule has 0 saturated heterocycles. The second-order valence-corrected chi connectivity index (χ2v) is 5.84. The fourth-order valence-corrected chi connectivity index (χ4v) is 2.31. The maximum atomic E-state index is 13.2. The summed E-state index contributed by atoms with van der Waals surface area (Å²) < 4.78 is 18.8. The predicted octanol–water partition coefficient (Wildman–Crippen LogP) is 3.51. The molecule has 24 heavy (non-hydrogen) atoms. The van der Waals surface area contributed by atoms with Gasteiger partial charge in [-0.1, -0.05) is 19.1 Å². The molecule has 0 spiro atoms. The van der Waals surface area contributed by atoms with Gasteiger partial charge in [0.15, 0.2) is 0 Å². The van der Waals surface area contributed by atoms with Crippen LogP contribution in [-0.2, 0) is 11.4 Å². The fraction of sp³-hybridized carbons (Fsp3) is 0.316. The van der Waals surface area contributed by atoms with E-state index in [1.54, 1.807) is 12.1 Å². The van der Waals surface area contributed by atoms with Crippen molar-refractivity contribution >= 4 is 11.6 Å². The van der Waals surface area contributed by atoms with Crippen molar-refractivity contribution in [2.75, 3.05) is 18.9 Å². The van der Waals surface area contributed by atoms with Crippen LogP contribution in [0.1, 0.15) is 18.1 Å². The Morgan fingerprint density at radius 1 is 1.25 bits per heavy atom. The summed E-state index contributed by atoms with van der Waals surface area (Å²) in [5.41, 5.74) is 2.45. The molecular weight excluding hydrogens is 307 g/mol. The summed E-state index contributed by atoms with van der Waals surface area (Å²) in [7, 11) is 1.82. The number of aryl methyl sites for hydroxylation is 1. The number of anilines is 1. The van der Waals surface area contributed by atoms with E-state index < -0.39 is 0 Å². The molecule has 1 atom stereocenters. The van der Waals surface area contributed by atoms with Gasteiger partial charge in [-0.2, -0.15) is 0 Å². The predicted molar refractivity (Wildman–Crippen MR) is 93.6 cm³/mol. The molecule has 0 aliphatic carbocycles. The SMILES string of the molecule is CNCC(C)C(=O)Nc1ccc(OCc2cccc(F)c2)cc1C. The Bertz CT molecular complexity index is 704. The first-order chi connectivity index (χ1) is 11.5. The molecule has 0 aliphatic rings. The van der Waals surface area contributed by atoms with Gasteiger partial charge in [-0.25, -0.2) is 4.39 Å². The molecule has 0 aromatic heterocycles. The van der Waals surface area contributed by atoms with Crippen LogP contribution in [0.2, 0.25) is 0 Å². The van der Waals surface area contributed by atoms with Crippen molar-refractivity contribution in [2.45, 2.75) is 20.5 Å². The number of benzene rings is 2. The highest BCUT2D eigenvalue weighted by Crippen LogP contribution is 2.22. The molecule has 1 amide bonds. The highest BCUT2D eigenvalue weighted by molar-refractivity contribution is 5.93. The Labute approximate surface area is 142 Å². The monoisotopic (exact) mass is 330 g/mol. The van der Waals surface area contributed by atoms with Crippen LogP contribution in [0.5, 0.6) is 5.75 Å². The first kappa shape index (κ1) is 17.9. The molecule has 0 fully saturated rings. The number of hydrogen-bond donors (Lipinski definition) is 2. The molecular formula is C19H23FN2O2. The van der Waals surface area contributed by atoms with Gasteiger partial charge in [0.05, 0.1) is 0 Å². The van der Waals surface area contributed by atoms with Crippen molar-refractivity contribution in [1.82, 2.24) is 5.32 Å². The summed E-state index contributed by atoms with van der Waals surface area (Å²) in [6.07, 6.45) is 0. The van der Waals surface area contributed by atoms with Gasteiger partial charge in [-0.05, 0) is 55.4 Å². The average molecular weight is 330 g/mol. The number of amides is 1. The van der Waals surface area contributed by atoms with Gasteiger partial charge in [0.1, 0.15) is 18.2 Å². The standard InChI is InChI=1S/C19H23FN2O2/c1-13-9-17(24-12-15-5-4-6-16(20)10-15)7-8-18(13)22-19(23)14(2)11-21-3/h4-10,14,21H,11-12H2,1-3H3,(H,22,23). The maximum Gasteiger partial charge on any atom is 0.228 e.